The quantitative estimate of drug-likeness (QED) is 0.592. The van der Waals surface area contributed by atoms with E-state index < -0.39 is 0 Å². The van der Waals surface area contributed by atoms with E-state index in [1.54, 1.807) is 0 Å². The first-order valence-electron chi connectivity index (χ1n) is 10.5. The smallest absolute Gasteiger partial charge is 0.0386 e. The highest BCUT2D eigenvalue weighted by molar-refractivity contribution is 5.20. The second kappa shape index (κ2) is 6.04. The number of aryl methyl sites for hydroxylation is 4. The zero-order valence-electron chi connectivity index (χ0n) is 17.7. The van der Waals surface area contributed by atoms with E-state index in [9.17, 15) is 0 Å². The van der Waals surface area contributed by atoms with Crippen LogP contribution < -0.4 is 0 Å². The van der Waals surface area contributed by atoms with E-state index in [4.69, 9.17) is 0 Å². The number of hydrogen-bond donors (Lipinski definition) is 0. The fourth-order valence-corrected chi connectivity index (χ4v) is 6.63. The standard InChI is InChI=1S/C24H36N2/c1-15-8-9-16(2)25(15)22-12-23(26-17(3)10-11-18(26)4)21-14-24(6,7)13-20(21)19(22)5/h8-11,19-23H,12-14H2,1-7H3. The minimum Gasteiger partial charge on any atom is -0.346 e. The molecular formula is C24H36N2. The minimum absolute atomic E-state index is 0.479. The van der Waals surface area contributed by atoms with Crippen molar-refractivity contribution >= 4 is 0 Å². The fraction of sp³-hybridized carbons (Fsp3) is 0.667. The lowest BCUT2D eigenvalue weighted by Gasteiger charge is -2.46. The van der Waals surface area contributed by atoms with Gasteiger partial charge in [-0.2, -0.15) is 0 Å². The Hall–Kier alpha value is -1.44. The van der Waals surface area contributed by atoms with Crippen molar-refractivity contribution in [3.8, 4) is 0 Å². The van der Waals surface area contributed by atoms with Crippen LogP contribution in [-0.4, -0.2) is 9.13 Å². The topological polar surface area (TPSA) is 9.86 Å². The third kappa shape index (κ3) is 2.68. The van der Waals surface area contributed by atoms with Crippen LogP contribution in [0, 0.1) is 50.9 Å². The van der Waals surface area contributed by atoms with E-state index in [0.29, 0.717) is 17.5 Å². The summed E-state index contributed by atoms with van der Waals surface area (Å²) in [5.74, 6) is 2.40. The van der Waals surface area contributed by atoms with Gasteiger partial charge in [0.2, 0.25) is 0 Å². The van der Waals surface area contributed by atoms with Gasteiger partial charge in [0.15, 0.2) is 0 Å². The van der Waals surface area contributed by atoms with Crippen LogP contribution in [0.25, 0.3) is 0 Å². The van der Waals surface area contributed by atoms with Crippen LogP contribution in [0.4, 0.5) is 0 Å². The SMILES string of the molecule is Cc1ccc(C)n1C1CC(n2c(C)ccc2C)C2CC(C)(C)CC2C1C. The Bertz CT molecular complexity index is 767. The molecule has 5 atom stereocenters. The van der Waals surface area contributed by atoms with Gasteiger partial charge in [-0.25, -0.2) is 0 Å². The van der Waals surface area contributed by atoms with Crippen molar-refractivity contribution in [2.45, 2.75) is 79.8 Å². The molecule has 0 spiro atoms. The summed E-state index contributed by atoms with van der Waals surface area (Å²) >= 11 is 0. The third-order valence-electron chi connectivity index (χ3n) is 7.70. The molecule has 0 N–H and O–H groups in total. The Morgan fingerprint density at radius 1 is 0.731 bits per heavy atom. The van der Waals surface area contributed by atoms with Crippen LogP contribution in [0.2, 0.25) is 0 Å². The molecule has 142 valence electrons. The number of hydrogen-bond acceptors (Lipinski definition) is 0. The molecule has 2 heterocycles. The maximum atomic E-state index is 2.67. The number of rotatable bonds is 2. The van der Waals surface area contributed by atoms with Crippen molar-refractivity contribution in [3.05, 3.63) is 47.0 Å². The predicted octanol–water partition coefficient (Wildman–Crippen LogP) is 6.40. The highest BCUT2D eigenvalue weighted by atomic mass is 15.1. The Balaban J connectivity index is 1.80. The Kier molecular flexibility index (Phi) is 4.17. The second-order valence-corrected chi connectivity index (χ2v) is 10.1. The normalized spacial score (nSPS) is 33.4. The Morgan fingerprint density at radius 2 is 1.15 bits per heavy atom. The van der Waals surface area contributed by atoms with Gasteiger partial charge in [-0.3, -0.25) is 0 Å². The molecule has 2 aliphatic carbocycles. The van der Waals surface area contributed by atoms with Gasteiger partial charge in [0.05, 0.1) is 0 Å². The molecule has 0 aliphatic heterocycles. The molecule has 2 fully saturated rings. The van der Waals surface area contributed by atoms with Crippen LogP contribution in [0.5, 0.6) is 0 Å². The molecule has 0 bridgehead atoms. The summed E-state index contributed by atoms with van der Waals surface area (Å²) in [7, 11) is 0. The van der Waals surface area contributed by atoms with E-state index >= 15 is 0 Å². The Morgan fingerprint density at radius 3 is 1.65 bits per heavy atom. The summed E-state index contributed by atoms with van der Waals surface area (Å²) in [5.41, 5.74) is 6.20. The van der Waals surface area contributed by atoms with Crippen molar-refractivity contribution in [1.82, 2.24) is 9.13 Å². The zero-order valence-corrected chi connectivity index (χ0v) is 17.7. The van der Waals surface area contributed by atoms with Crippen molar-refractivity contribution in [1.29, 1.82) is 0 Å². The molecule has 5 unspecified atom stereocenters. The molecule has 26 heavy (non-hydrogen) atoms. The van der Waals surface area contributed by atoms with Crippen LogP contribution in [0.3, 0.4) is 0 Å². The molecule has 0 saturated heterocycles. The van der Waals surface area contributed by atoms with Crippen LogP contribution >= 0.6 is 0 Å². The first-order valence-corrected chi connectivity index (χ1v) is 10.5. The fourth-order valence-electron chi connectivity index (χ4n) is 6.63. The molecule has 2 aromatic heterocycles. The lowest BCUT2D eigenvalue weighted by Crippen LogP contribution is -2.39. The lowest BCUT2D eigenvalue weighted by atomic mass is 9.68. The van der Waals surface area contributed by atoms with Gasteiger partial charge >= 0.3 is 0 Å². The van der Waals surface area contributed by atoms with Gasteiger partial charge in [0, 0.05) is 34.9 Å². The molecule has 0 radical (unpaired) electrons. The average Bonchev–Trinajstić information content (AvgIpc) is 3.18. The molecule has 4 rings (SSSR count). The summed E-state index contributed by atoms with van der Waals surface area (Å²) in [5, 5.41) is 0. The van der Waals surface area contributed by atoms with E-state index in [2.05, 4.69) is 81.9 Å². The predicted molar refractivity (Wildman–Crippen MR) is 110 cm³/mol. The van der Waals surface area contributed by atoms with Crippen LogP contribution in [-0.2, 0) is 0 Å². The number of fused-ring (bicyclic) bond motifs is 1. The van der Waals surface area contributed by atoms with E-state index in [-0.39, 0.29) is 0 Å². The van der Waals surface area contributed by atoms with Gasteiger partial charge in [0.1, 0.15) is 0 Å². The van der Waals surface area contributed by atoms with E-state index in [0.717, 1.165) is 17.8 Å². The lowest BCUT2D eigenvalue weighted by molar-refractivity contribution is 0.0743. The summed E-state index contributed by atoms with van der Waals surface area (Å²) in [6.07, 6.45) is 4.02. The average molecular weight is 353 g/mol. The molecule has 2 saturated carbocycles. The molecule has 2 heteroatoms. The van der Waals surface area contributed by atoms with E-state index in [1.807, 2.05) is 0 Å². The zero-order chi connectivity index (χ0) is 18.8. The van der Waals surface area contributed by atoms with Crippen molar-refractivity contribution in [2.24, 2.45) is 23.2 Å². The van der Waals surface area contributed by atoms with Crippen molar-refractivity contribution in [3.63, 3.8) is 0 Å². The van der Waals surface area contributed by atoms with Crippen molar-refractivity contribution in [2.75, 3.05) is 0 Å². The van der Waals surface area contributed by atoms with Gasteiger partial charge in [-0.05, 0) is 94.4 Å². The molecular weight excluding hydrogens is 316 g/mol. The van der Waals surface area contributed by atoms with Gasteiger partial charge in [-0.15, -0.1) is 0 Å². The summed E-state index contributed by atoms with van der Waals surface area (Å²) in [6.45, 7) is 16.7. The number of nitrogens with zero attached hydrogens (tertiary/aromatic N) is 2. The van der Waals surface area contributed by atoms with Crippen LogP contribution in [0.1, 0.15) is 74.9 Å². The number of aromatic nitrogens is 2. The highest BCUT2D eigenvalue weighted by Gasteiger charge is 2.51. The molecule has 2 nitrogen and oxygen atoms in total. The molecule has 0 aromatic carbocycles. The Labute approximate surface area is 159 Å². The molecule has 2 aliphatic rings. The van der Waals surface area contributed by atoms with Gasteiger partial charge in [0.25, 0.3) is 0 Å². The summed E-state index contributed by atoms with van der Waals surface area (Å²) in [4.78, 5) is 0. The molecule has 0 amide bonds. The highest BCUT2D eigenvalue weighted by Crippen LogP contribution is 2.59. The van der Waals surface area contributed by atoms with E-state index in [1.165, 1.54) is 42.0 Å². The minimum atomic E-state index is 0.479. The first-order chi connectivity index (χ1) is 12.2. The maximum absolute atomic E-state index is 2.67. The molecule has 2 aromatic rings. The monoisotopic (exact) mass is 352 g/mol. The van der Waals surface area contributed by atoms with Gasteiger partial charge in [-0.1, -0.05) is 20.8 Å². The summed E-state index contributed by atoms with van der Waals surface area (Å²) in [6, 6.07) is 10.5. The second-order valence-electron chi connectivity index (χ2n) is 10.1. The van der Waals surface area contributed by atoms with Crippen LogP contribution in [0.15, 0.2) is 24.3 Å². The largest absolute Gasteiger partial charge is 0.346 e. The third-order valence-corrected chi connectivity index (χ3v) is 7.70. The first kappa shape index (κ1) is 17.9. The van der Waals surface area contributed by atoms with Gasteiger partial charge < -0.3 is 9.13 Å². The maximum Gasteiger partial charge on any atom is 0.0386 e. The summed E-state index contributed by atoms with van der Waals surface area (Å²) < 4.78 is 5.32. The van der Waals surface area contributed by atoms with Crippen molar-refractivity contribution < 1.29 is 0 Å².